The molecule has 0 saturated carbocycles. The number of halogens is 2. The average Bonchev–Trinajstić information content (AvgIpc) is 2.14. The second kappa shape index (κ2) is 5.44. The van der Waals surface area contributed by atoms with Crippen LogP contribution in [0, 0.1) is 0 Å². The van der Waals surface area contributed by atoms with Crippen LogP contribution < -0.4 is 10.5 Å². The Labute approximate surface area is 94.0 Å². The lowest BCUT2D eigenvalue weighted by molar-refractivity contribution is 0.336. The Kier molecular flexibility index (Phi) is 4.52. The molecule has 0 aromatic heterocycles. The third-order valence-electron chi connectivity index (χ3n) is 1.82. The van der Waals surface area contributed by atoms with E-state index in [4.69, 9.17) is 33.7 Å². The highest BCUT2D eigenvalue weighted by molar-refractivity contribution is 6.42. The lowest BCUT2D eigenvalue weighted by Crippen LogP contribution is -2.05. The quantitative estimate of drug-likeness (QED) is 0.869. The van der Waals surface area contributed by atoms with E-state index >= 15 is 0 Å². The van der Waals surface area contributed by atoms with Crippen molar-refractivity contribution in [1.82, 2.24) is 0 Å². The highest BCUT2D eigenvalue weighted by atomic mass is 35.5. The van der Waals surface area contributed by atoms with Gasteiger partial charge in [0.25, 0.3) is 0 Å². The van der Waals surface area contributed by atoms with Gasteiger partial charge in [0, 0.05) is 6.07 Å². The molecule has 0 bridgehead atoms. The predicted octanol–water partition coefficient (Wildman–Crippen LogP) is 2.89. The first kappa shape index (κ1) is 11.6. The van der Waals surface area contributed by atoms with Crippen LogP contribution in [0.15, 0.2) is 12.1 Å². The van der Waals surface area contributed by atoms with Gasteiger partial charge in [-0.25, -0.2) is 0 Å². The lowest BCUT2D eigenvalue weighted by atomic mass is 10.1. The van der Waals surface area contributed by atoms with Crippen molar-refractivity contribution in [3.05, 3.63) is 27.7 Å². The summed E-state index contributed by atoms with van der Waals surface area (Å²) in [6.45, 7) is 3.10. The van der Waals surface area contributed by atoms with E-state index in [0.717, 1.165) is 17.7 Å². The molecule has 0 aliphatic carbocycles. The predicted molar refractivity (Wildman–Crippen MR) is 60.4 cm³/mol. The fraction of sp³-hybridized carbons (Fsp3) is 0.400. The number of rotatable bonds is 4. The summed E-state index contributed by atoms with van der Waals surface area (Å²) in [5.74, 6) is 0.771. The van der Waals surface area contributed by atoms with Crippen molar-refractivity contribution in [2.75, 3.05) is 13.2 Å². The van der Waals surface area contributed by atoms with Gasteiger partial charge in [-0.3, -0.25) is 0 Å². The smallest absolute Gasteiger partial charge is 0.124 e. The maximum Gasteiger partial charge on any atom is 0.124 e. The number of nitrogens with two attached hydrogens (primary N) is 1. The molecule has 1 aromatic carbocycles. The molecule has 2 nitrogen and oxygen atoms in total. The zero-order chi connectivity index (χ0) is 10.6. The highest BCUT2D eigenvalue weighted by Gasteiger charge is 2.07. The lowest BCUT2D eigenvalue weighted by Gasteiger charge is -2.10. The molecule has 0 saturated heterocycles. The van der Waals surface area contributed by atoms with E-state index in [1.54, 1.807) is 6.07 Å². The third-order valence-corrected chi connectivity index (χ3v) is 2.54. The standard InChI is InChI=1S/C10H13Cl2NO/c1-2-14-10-6-9(12)8(11)5-7(10)3-4-13/h5-6H,2-4,13H2,1H3. The van der Waals surface area contributed by atoms with Crippen LogP contribution in [0.3, 0.4) is 0 Å². The molecule has 78 valence electrons. The summed E-state index contributed by atoms with van der Waals surface area (Å²) in [4.78, 5) is 0. The first-order valence-electron chi connectivity index (χ1n) is 4.49. The van der Waals surface area contributed by atoms with Gasteiger partial charge < -0.3 is 10.5 Å². The van der Waals surface area contributed by atoms with Gasteiger partial charge in [0.05, 0.1) is 16.7 Å². The van der Waals surface area contributed by atoms with Crippen molar-refractivity contribution in [2.24, 2.45) is 5.73 Å². The van der Waals surface area contributed by atoms with Gasteiger partial charge >= 0.3 is 0 Å². The monoisotopic (exact) mass is 233 g/mol. The van der Waals surface area contributed by atoms with Gasteiger partial charge in [0.15, 0.2) is 0 Å². The van der Waals surface area contributed by atoms with Crippen molar-refractivity contribution in [3.8, 4) is 5.75 Å². The maximum atomic E-state index is 5.89. The molecule has 4 heteroatoms. The van der Waals surface area contributed by atoms with E-state index in [1.807, 2.05) is 13.0 Å². The summed E-state index contributed by atoms with van der Waals surface area (Å²) in [5.41, 5.74) is 6.49. The molecule has 14 heavy (non-hydrogen) atoms. The van der Waals surface area contributed by atoms with E-state index < -0.39 is 0 Å². The van der Waals surface area contributed by atoms with E-state index in [0.29, 0.717) is 23.2 Å². The molecule has 0 heterocycles. The molecule has 0 unspecified atom stereocenters. The molecule has 0 aliphatic heterocycles. The first-order valence-corrected chi connectivity index (χ1v) is 5.25. The Morgan fingerprint density at radius 2 is 1.93 bits per heavy atom. The van der Waals surface area contributed by atoms with Crippen LogP contribution in [-0.4, -0.2) is 13.2 Å². The van der Waals surface area contributed by atoms with E-state index in [-0.39, 0.29) is 0 Å². The molecule has 0 amide bonds. The molecule has 0 spiro atoms. The van der Waals surface area contributed by atoms with Gasteiger partial charge in [-0.1, -0.05) is 23.2 Å². The molecule has 0 atom stereocenters. The zero-order valence-corrected chi connectivity index (χ0v) is 9.53. The van der Waals surface area contributed by atoms with E-state index in [1.165, 1.54) is 0 Å². The Morgan fingerprint density at radius 3 is 2.50 bits per heavy atom. The third kappa shape index (κ3) is 2.77. The fourth-order valence-corrected chi connectivity index (χ4v) is 1.55. The molecule has 0 fully saturated rings. The van der Waals surface area contributed by atoms with Gasteiger partial charge in [0.1, 0.15) is 5.75 Å². The molecule has 1 rings (SSSR count). The summed E-state index contributed by atoms with van der Waals surface area (Å²) < 4.78 is 5.43. The Bertz CT molecular complexity index is 284. The second-order valence-corrected chi connectivity index (χ2v) is 3.66. The second-order valence-electron chi connectivity index (χ2n) is 2.85. The van der Waals surface area contributed by atoms with Crippen LogP contribution >= 0.6 is 23.2 Å². The molecular weight excluding hydrogens is 221 g/mol. The van der Waals surface area contributed by atoms with Crippen LogP contribution in [0.25, 0.3) is 0 Å². The van der Waals surface area contributed by atoms with E-state index in [2.05, 4.69) is 0 Å². The summed E-state index contributed by atoms with van der Waals surface area (Å²) in [7, 11) is 0. The molecular formula is C10H13Cl2NO. The van der Waals surface area contributed by atoms with Gasteiger partial charge in [-0.2, -0.15) is 0 Å². The van der Waals surface area contributed by atoms with E-state index in [9.17, 15) is 0 Å². The molecule has 2 N–H and O–H groups in total. The summed E-state index contributed by atoms with van der Waals surface area (Å²) in [5, 5.41) is 1.05. The Hall–Kier alpha value is -0.440. The van der Waals surface area contributed by atoms with Crippen molar-refractivity contribution >= 4 is 23.2 Å². The van der Waals surface area contributed by atoms with Crippen molar-refractivity contribution in [1.29, 1.82) is 0 Å². The molecule has 0 radical (unpaired) electrons. The maximum absolute atomic E-state index is 5.89. The topological polar surface area (TPSA) is 35.2 Å². The van der Waals surface area contributed by atoms with Crippen molar-refractivity contribution in [2.45, 2.75) is 13.3 Å². The number of hydrogen-bond donors (Lipinski definition) is 1. The normalized spacial score (nSPS) is 10.3. The Morgan fingerprint density at radius 1 is 1.29 bits per heavy atom. The average molecular weight is 234 g/mol. The zero-order valence-electron chi connectivity index (χ0n) is 8.02. The van der Waals surface area contributed by atoms with Gasteiger partial charge in [-0.15, -0.1) is 0 Å². The fourth-order valence-electron chi connectivity index (χ4n) is 1.21. The minimum absolute atomic E-state index is 0.510. The minimum Gasteiger partial charge on any atom is -0.494 e. The first-order chi connectivity index (χ1) is 6.69. The summed E-state index contributed by atoms with van der Waals surface area (Å²) in [6.07, 6.45) is 0.742. The van der Waals surface area contributed by atoms with Crippen molar-refractivity contribution in [3.63, 3.8) is 0 Å². The van der Waals surface area contributed by atoms with Crippen LogP contribution in [0.2, 0.25) is 10.0 Å². The van der Waals surface area contributed by atoms with Crippen LogP contribution in [0.1, 0.15) is 12.5 Å². The van der Waals surface area contributed by atoms with Gasteiger partial charge in [0.2, 0.25) is 0 Å². The van der Waals surface area contributed by atoms with Crippen LogP contribution in [-0.2, 0) is 6.42 Å². The number of benzene rings is 1. The van der Waals surface area contributed by atoms with Gasteiger partial charge in [-0.05, 0) is 31.5 Å². The van der Waals surface area contributed by atoms with Crippen LogP contribution in [0.4, 0.5) is 0 Å². The summed E-state index contributed by atoms with van der Waals surface area (Å²) >= 11 is 11.8. The SMILES string of the molecule is CCOc1cc(Cl)c(Cl)cc1CCN. The summed E-state index contributed by atoms with van der Waals surface area (Å²) in [6, 6.07) is 3.54. The number of ether oxygens (including phenoxy) is 1. The minimum atomic E-state index is 0.510. The Balaban J connectivity index is 3.03. The largest absolute Gasteiger partial charge is 0.494 e. The highest BCUT2D eigenvalue weighted by Crippen LogP contribution is 2.30. The van der Waals surface area contributed by atoms with Crippen molar-refractivity contribution < 1.29 is 4.74 Å². The van der Waals surface area contributed by atoms with Crippen LogP contribution in [0.5, 0.6) is 5.75 Å². The number of hydrogen-bond acceptors (Lipinski definition) is 2. The molecule has 0 aliphatic rings. The molecule has 1 aromatic rings.